The van der Waals surface area contributed by atoms with Crippen LogP contribution < -0.4 is 5.43 Å². The fraction of sp³-hybridized carbons (Fsp3) is 0.0556. The monoisotopic (exact) mass is 345 g/mol. The molecule has 26 heavy (non-hydrogen) atoms. The largest absolute Gasteiger partial charge is 0.360 e. The third-order valence-corrected chi connectivity index (χ3v) is 4.04. The number of aromatic amines is 1. The highest BCUT2D eigenvalue weighted by molar-refractivity contribution is 6.07. The molecule has 0 saturated heterocycles. The maximum atomic E-state index is 12.4. The molecule has 0 radical (unpaired) electrons. The number of nitrogens with one attached hydrogen (secondary N) is 2. The van der Waals surface area contributed by atoms with Gasteiger partial charge in [-0.15, -0.1) is 5.10 Å². The molecular formula is C18H15N7O. The molecule has 0 fully saturated rings. The number of hydrogen-bond acceptors (Lipinski definition) is 5. The van der Waals surface area contributed by atoms with E-state index in [4.69, 9.17) is 0 Å². The van der Waals surface area contributed by atoms with Crippen molar-refractivity contribution < 1.29 is 4.79 Å². The van der Waals surface area contributed by atoms with E-state index in [-0.39, 0.29) is 5.91 Å². The molecule has 8 nitrogen and oxygen atoms in total. The van der Waals surface area contributed by atoms with E-state index in [0.717, 1.165) is 22.2 Å². The second-order valence-corrected chi connectivity index (χ2v) is 5.69. The van der Waals surface area contributed by atoms with Crippen molar-refractivity contribution in [3.05, 3.63) is 72.2 Å². The zero-order valence-electron chi connectivity index (χ0n) is 13.9. The molecule has 0 saturated carbocycles. The number of carbonyl (C=O) groups is 1. The summed E-state index contributed by atoms with van der Waals surface area (Å²) in [5.74, 6) is -0.265. The van der Waals surface area contributed by atoms with Crippen molar-refractivity contribution in [3.63, 3.8) is 0 Å². The van der Waals surface area contributed by atoms with E-state index in [1.165, 1.54) is 6.33 Å². The molecule has 128 valence electrons. The number of H-pyrrole nitrogens is 1. The van der Waals surface area contributed by atoms with Crippen molar-refractivity contribution >= 4 is 22.5 Å². The Morgan fingerprint density at radius 3 is 2.92 bits per heavy atom. The standard InChI is InChI=1S/C18H15N7O/c1-12(13-5-4-6-14(9-13)25-11-20-23-24-25)21-22-18(26)16-10-19-17-8-3-2-7-15(16)17/h2-11,19H,1H3,(H,22,26)/b21-12+. The average molecular weight is 345 g/mol. The zero-order chi connectivity index (χ0) is 17.9. The Balaban J connectivity index is 1.55. The first-order chi connectivity index (χ1) is 12.7. The molecule has 0 unspecified atom stereocenters. The van der Waals surface area contributed by atoms with Crippen LogP contribution in [-0.2, 0) is 0 Å². The minimum absolute atomic E-state index is 0.265. The van der Waals surface area contributed by atoms with Gasteiger partial charge in [-0.3, -0.25) is 4.79 Å². The lowest BCUT2D eigenvalue weighted by atomic mass is 10.1. The van der Waals surface area contributed by atoms with Gasteiger partial charge in [0.25, 0.3) is 5.91 Å². The van der Waals surface area contributed by atoms with Crippen molar-refractivity contribution in [3.8, 4) is 5.69 Å². The smallest absolute Gasteiger partial charge is 0.273 e. The van der Waals surface area contributed by atoms with E-state index < -0.39 is 0 Å². The Labute approximate surface area is 148 Å². The van der Waals surface area contributed by atoms with Gasteiger partial charge in [0.1, 0.15) is 6.33 Å². The second kappa shape index (κ2) is 6.60. The average Bonchev–Trinajstić information content (AvgIpc) is 3.36. The number of hydrazone groups is 1. The Morgan fingerprint density at radius 2 is 2.08 bits per heavy atom. The van der Waals surface area contributed by atoms with Gasteiger partial charge in [-0.25, -0.2) is 10.1 Å². The Kier molecular flexibility index (Phi) is 3.98. The van der Waals surface area contributed by atoms with E-state index in [0.29, 0.717) is 11.3 Å². The summed E-state index contributed by atoms with van der Waals surface area (Å²) >= 11 is 0. The van der Waals surface area contributed by atoms with Crippen LogP contribution in [-0.4, -0.2) is 36.8 Å². The summed E-state index contributed by atoms with van der Waals surface area (Å²) in [4.78, 5) is 15.5. The Morgan fingerprint density at radius 1 is 1.19 bits per heavy atom. The molecule has 0 bridgehead atoms. The van der Waals surface area contributed by atoms with E-state index in [2.05, 4.69) is 31.0 Å². The van der Waals surface area contributed by atoms with Crippen molar-refractivity contribution in [2.45, 2.75) is 6.92 Å². The number of fused-ring (bicyclic) bond motifs is 1. The maximum Gasteiger partial charge on any atom is 0.273 e. The van der Waals surface area contributed by atoms with Gasteiger partial charge in [-0.05, 0) is 41.1 Å². The highest BCUT2D eigenvalue weighted by Crippen LogP contribution is 2.17. The summed E-state index contributed by atoms with van der Waals surface area (Å²) < 4.78 is 1.56. The van der Waals surface area contributed by atoms with Gasteiger partial charge in [-0.2, -0.15) is 5.10 Å². The van der Waals surface area contributed by atoms with Crippen LogP contribution >= 0.6 is 0 Å². The zero-order valence-corrected chi connectivity index (χ0v) is 13.9. The van der Waals surface area contributed by atoms with Crippen molar-refractivity contribution in [1.82, 2.24) is 30.6 Å². The Bertz CT molecular complexity index is 1100. The van der Waals surface area contributed by atoms with Crippen LogP contribution in [0.4, 0.5) is 0 Å². The number of aromatic nitrogens is 5. The first-order valence-electron chi connectivity index (χ1n) is 7.97. The van der Waals surface area contributed by atoms with E-state index in [9.17, 15) is 4.79 Å². The Hall–Kier alpha value is -3.81. The maximum absolute atomic E-state index is 12.4. The van der Waals surface area contributed by atoms with Gasteiger partial charge in [0.15, 0.2) is 0 Å². The molecule has 2 aromatic heterocycles. The number of carbonyl (C=O) groups excluding carboxylic acids is 1. The minimum Gasteiger partial charge on any atom is -0.360 e. The number of benzene rings is 2. The van der Waals surface area contributed by atoms with Crippen LogP contribution in [0.5, 0.6) is 0 Å². The summed E-state index contributed by atoms with van der Waals surface area (Å²) in [6, 6.07) is 15.2. The minimum atomic E-state index is -0.265. The van der Waals surface area contributed by atoms with Crippen LogP contribution in [0.25, 0.3) is 16.6 Å². The molecule has 0 aliphatic heterocycles. The lowest BCUT2D eigenvalue weighted by Gasteiger charge is -2.05. The summed E-state index contributed by atoms with van der Waals surface area (Å²) in [6.45, 7) is 1.83. The molecule has 4 rings (SSSR count). The van der Waals surface area contributed by atoms with Gasteiger partial charge < -0.3 is 4.98 Å². The van der Waals surface area contributed by atoms with E-state index in [1.54, 1.807) is 10.9 Å². The van der Waals surface area contributed by atoms with Crippen molar-refractivity contribution in [2.24, 2.45) is 5.10 Å². The normalized spacial score (nSPS) is 11.7. The number of amides is 1. The van der Waals surface area contributed by atoms with Gasteiger partial charge in [0, 0.05) is 17.1 Å². The van der Waals surface area contributed by atoms with Crippen LogP contribution in [0.1, 0.15) is 22.8 Å². The summed E-state index contributed by atoms with van der Waals surface area (Å²) in [6.07, 6.45) is 3.20. The SMILES string of the molecule is C/C(=N\NC(=O)c1c[nH]c2ccccc12)c1cccc(-n2cnnn2)c1. The fourth-order valence-electron chi connectivity index (χ4n) is 2.67. The lowest BCUT2D eigenvalue weighted by molar-refractivity contribution is 0.0956. The fourth-order valence-corrected chi connectivity index (χ4v) is 2.67. The third-order valence-electron chi connectivity index (χ3n) is 4.04. The van der Waals surface area contributed by atoms with Crippen LogP contribution in [0.2, 0.25) is 0 Å². The number of rotatable bonds is 4. The van der Waals surface area contributed by atoms with E-state index in [1.807, 2.05) is 55.5 Å². The quantitative estimate of drug-likeness (QED) is 0.438. The predicted molar refractivity (Wildman–Crippen MR) is 97.1 cm³/mol. The highest BCUT2D eigenvalue weighted by atomic mass is 16.2. The number of tetrazole rings is 1. The summed E-state index contributed by atoms with van der Waals surface area (Å²) in [5.41, 5.74) is 6.42. The van der Waals surface area contributed by atoms with Crippen LogP contribution in [0.3, 0.4) is 0 Å². The second-order valence-electron chi connectivity index (χ2n) is 5.69. The van der Waals surface area contributed by atoms with Crippen LogP contribution in [0, 0.1) is 0 Å². The van der Waals surface area contributed by atoms with Gasteiger partial charge >= 0.3 is 0 Å². The number of para-hydroxylation sites is 1. The summed E-state index contributed by atoms with van der Waals surface area (Å²) in [5, 5.41) is 16.2. The molecule has 0 aliphatic carbocycles. The third kappa shape index (κ3) is 2.95. The molecule has 0 aliphatic rings. The van der Waals surface area contributed by atoms with Gasteiger partial charge in [0.05, 0.1) is 17.0 Å². The van der Waals surface area contributed by atoms with Crippen molar-refractivity contribution in [2.75, 3.05) is 0 Å². The molecule has 0 spiro atoms. The lowest BCUT2D eigenvalue weighted by Crippen LogP contribution is -2.19. The molecule has 2 N–H and O–H groups in total. The highest BCUT2D eigenvalue weighted by Gasteiger charge is 2.11. The molecule has 2 heterocycles. The first kappa shape index (κ1) is 15.7. The van der Waals surface area contributed by atoms with Gasteiger partial charge in [0.2, 0.25) is 0 Å². The molecule has 1 amide bonds. The van der Waals surface area contributed by atoms with Gasteiger partial charge in [-0.1, -0.05) is 30.3 Å². The molecule has 0 atom stereocenters. The molecule has 8 heteroatoms. The molecule has 4 aromatic rings. The first-order valence-corrected chi connectivity index (χ1v) is 7.97. The van der Waals surface area contributed by atoms with Crippen LogP contribution in [0.15, 0.2) is 66.2 Å². The molecule has 2 aromatic carbocycles. The summed E-state index contributed by atoms with van der Waals surface area (Å²) in [7, 11) is 0. The number of nitrogens with zero attached hydrogens (tertiary/aromatic N) is 5. The number of hydrogen-bond donors (Lipinski definition) is 2. The topological polar surface area (TPSA) is 101 Å². The predicted octanol–water partition coefficient (Wildman–Crippen LogP) is 2.30. The van der Waals surface area contributed by atoms with Crippen molar-refractivity contribution in [1.29, 1.82) is 0 Å². The van der Waals surface area contributed by atoms with E-state index >= 15 is 0 Å². The molecular weight excluding hydrogens is 330 g/mol.